The lowest BCUT2D eigenvalue weighted by Crippen LogP contribution is -2.34. The van der Waals surface area contributed by atoms with Crippen LogP contribution in [0.25, 0.3) is 0 Å². The molecule has 1 heterocycles. The van der Waals surface area contributed by atoms with Gasteiger partial charge in [0, 0.05) is 33.1 Å². The van der Waals surface area contributed by atoms with Crippen LogP contribution in [-0.4, -0.2) is 56.0 Å². The van der Waals surface area contributed by atoms with Crippen molar-refractivity contribution in [1.82, 2.24) is 9.21 Å². The van der Waals surface area contributed by atoms with Crippen molar-refractivity contribution in [2.24, 2.45) is 0 Å². The summed E-state index contributed by atoms with van der Waals surface area (Å²) < 4.78 is 25.4. The number of unbranched alkanes of at least 4 members (excludes halogenated alkanes) is 1. The van der Waals surface area contributed by atoms with Crippen molar-refractivity contribution in [2.45, 2.75) is 39.0 Å². The van der Waals surface area contributed by atoms with Crippen LogP contribution in [0.15, 0.2) is 0 Å². The molecular formula is C12H24N2O3S. The molecule has 0 aliphatic carbocycles. The van der Waals surface area contributed by atoms with Gasteiger partial charge in [-0.2, -0.15) is 0 Å². The Bertz CT molecular complexity index is 362. The first-order valence-corrected chi connectivity index (χ1v) is 8.30. The maximum absolute atomic E-state index is 11.9. The van der Waals surface area contributed by atoms with Gasteiger partial charge in [0.15, 0.2) is 0 Å². The fraction of sp³-hybridized carbons (Fsp3) is 0.917. The number of hydrogen-bond acceptors (Lipinski definition) is 3. The van der Waals surface area contributed by atoms with Crippen molar-refractivity contribution in [3.8, 4) is 0 Å². The first kappa shape index (κ1) is 15.4. The molecule has 0 aromatic rings. The first-order chi connectivity index (χ1) is 8.47. The summed E-state index contributed by atoms with van der Waals surface area (Å²) >= 11 is 0. The number of carbonyl (C=O) groups is 1. The number of sulfonamides is 1. The highest BCUT2D eigenvalue weighted by Crippen LogP contribution is 2.14. The predicted molar refractivity (Wildman–Crippen MR) is 71.8 cm³/mol. The minimum Gasteiger partial charge on any atom is -0.346 e. The smallest absolute Gasteiger partial charge is 0.223 e. The summed E-state index contributed by atoms with van der Waals surface area (Å²) in [4.78, 5) is 13.4. The lowest BCUT2D eigenvalue weighted by atomic mass is 10.3. The Balaban J connectivity index is 2.37. The van der Waals surface area contributed by atoms with Gasteiger partial charge >= 0.3 is 0 Å². The van der Waals surface area contributed by atoms with E-state index in [0.29, 0.717) is 19.6 Å². The van der Waals surface area contributed by atoms with Crippen molar-refractivity contribution in [2.75, 3.05) is 32.4 Å². The molecule has 0 N–H and O–H groups in total. The predicted octanol–water partition coefficient (Wildman–Crippen LogP) is 1.06. The molecule has 1 saturated heterocycles. The fourth-order valence-electron chi connectivity index (χ4n) is 2.02. The van der Waals surface area contributed by atoms with Gasteiger partial charge in [-0.25, -0.2) is 12.7 Å². The molecule has 5 nitrogen and oxygen atoms in total. The molecule has 0 atom stereocenters. The first-order valence-electron chi connectivity index (χ1n) is 6.69. The Hall–Kier alpha value is -0.620. The molecule has 1 fully saturated rings. The average molecular weight is 276 g/mol. The van der Waals surface area contributed by atoms with Crippen molar-refractivity contribution >= 4 is 15.9 Å². The van der Waals surface area contributed by atoms with E-state index < -0.39 is 10.0 Å². The summed E-state index contributed by atoms with van der Waals surface area (Å²) in [6.07, 6.45) is 3.96. The third-order valence-corrected chi connectivity index (χ3v) is 5.18. The van der Waals surface area contributed by atoms with E-state index in [9.17, 15) is 13.2 Å². The lowest BCUT2D eigenvalue weighted by molar-refractivity contribution is -0.129. The number of nitrogens with zero attached hydrogens (tertiary/aromatic N) is 2. The van der Waals surface area contributed by atoms with Crippen molar-refractivity contribution in [1.29, 1.82) is 0 Å². The van der Waals surface area contributed by atoms with Gasteiger partial charge in [0.05, 0.1) is 5.75 Å². The van der Waals surface area contributed by atoms with E-state index in [-0.39, 0.29) is 18.1 Å². The lowest BCUT2D eigenvalue weighted by Gasteiger charge is -2.18. The van der Waals surface area contributed by atoms with E-state index in [1.807, 2.05) is 0 Å². The molecule has 0 unspecified atom stereocenters. The van der Waals surface area contributed by atoms with E-state index in [2.05, 4.69) is 6.92 Å². The molecule has 106 valence electrons. The van der Waals surface area contributed by atoms with Crippen LogP contribution in [0, 0.1) is 0 Å². The highest BCUT2D eigenvalue weighted by molar-refractivity contribution is 7.89. The number of amides is 1. The minimum atomic E-state index is -3.22. The van der Waals surface area contributed by atoms with Crippen LogP contribution in [-0.2, 0) is 14.8 Å². The van der Waals surface area contributed by atoms with Gasteiger partial charge in [0.25, 0.3) is 0 Å². The van der Waals surface area contributed by atoms with Gasteiger partial charge in [0.1, 0.15) is 0 Å². The Labute approximate surface area is 110 Å². The average Bonchev–Trinajstić information content (AvgIpc) is 2.87. The molecular weight excluding hydrogens is 252 g/mol. The van der Waals surface area contributed by atoms with Crippen LogP contribution in [0.5, 0.6) is 0 Å². The number of hydrogen-bond donors (Lipinski definition) is 0. The van der Waals surface area contributed by atoms with Crippen molar-refractivity contribution in [3.63, 3.8) is 0 Å². The molecule has 0 aromatic carbocycles. The topological polar surface area (TPSA) is 57.7 Å². The Morgan fingerprint density at radius 3 is 2.44 bits per heavy atom. The second kappa shape index (κ2) is 7.09. The zero-order chi connectivity index (χ0) is 13.6. The molecule has 6 heteroatoms. The summed E-state index contributed by atoms with van der Waals surface area (Å²) in [5.41, 5.74) is 0. The molecule has 0 saturated carbocycles. The molecule has 0 aromatic heterocycles. The van der Waals surface area contributed by atoms with Gasteiger partial charge in [-0.1, -0.05) is 13.3 Å². The highest BCUT2D eigenvalue weighted by atomic mass is 32.2. The Kier molecular flexibility index (Phi) is 6.08. The van der Waals surface area contributed by atoms with Crippen molar-refractivity contribution < 1.29 is 13.2 Å². The summed E-state index contributed by atoms with van der Waals surface area (Å²) in [6.45, 7) is 4.00. The molecule has 0 spiro atoms. The normalized spacial score (nSPS) is 17.0. The van der Waals surface area contributed by atoms with E-state index >= 15 is 0 Å². The second-order valence-corrected chi connectivity index (χ2v) is 6.93. The molecule has 1 amide bonds. The van der Waals surface area contributed by atoms with Crippen LogP contribution in [0.2, 0.25) is 0 Å². The van der Waals surface area contributed by atoms with Crippen LogP contribution < -0.4 is 0 Å². The summed E-state index contributed by atoms with van der Waals surface area (Å²) in [5.74, 6) is -0.131. The summed E-state index contributed by atoms with van der Waals surface area (Å²) in [6, 6.07) is 0. The Morgan fingerprint density at radius 1 is 1.28 bits per heavy atom. The van der Waals surface area contributed by atoms with Crippen molar-refractivity contribution in [3.05, 3.63) is 0 Å². The van der Waals surface area contributed by atoms with E-state index in [1.54, 1.807) is 11.9 Å². The summed E-state index contributed by atoms with van der Waals surface area (Å²) in [7, 11) is -1.49. The molecule has 0 bridgehead atoms. The third kappa shape index (κ3) is 4.57. The molecule has 18 heavy (non-hydrogen) atoms. The minimum absolute atomic E-state index is 0.0533. The van der Waals surface area contributed by atoms with Crippen LogP contribution in [0.4, 0.5) is 0 Å². The van der Waals surface area contributed by atoms with Crippen LogP contribution in [0.3, 0.4) is 0 Å². The molecule has 1 rings (SSSR count). The zero-order valence-corrected chi connectivity index (χ0v) is 12.2. The van der Waals surface area contributed by atoms with E-state index in [4.69, 9.17) is 0 Å². The van der Waals surface area contributed by atoms with Gasteiger partial charge in [-0.15, -0.1) is 0 Å². The SMILES string of the molecule is CCCCN(C)C(=O)CCS(=O)(=O)N1CCCC1. The van der Waals surface area contributed by atoms with Gasteiger partial charge < -0.3 is 4.90 Å². The van der Waals surface area contributed by atoms with E-state index in [0.717, 1.165) is 25.7 Å². The quantitative estimate of drug-likeness (QED) is 0.698. The molecule has 1 aliphatic heterocycles. The largest absolute Gasteiger partial charge is 0.346 e. The van der Waals surface area contributed by atoms with Gasteiger partial charge in [0.2, 0.25) is 15.9 Å². The zero-order valence-electron chi connectivity index (χ0n) is 11.4. The second-order valence-electron chi connectivity index (χ2n) is 4.84. The maximum atomic E-state index is 11.9. The van der Waals surface area contributed by atoms with E-state index in [1.165, 1.54) is 4.31 Å². The monoisotopic (exact) mass is 276 g/mol. The fourth-order valence-corrected chi connectivity index (χ4v) is 3.53. The molecule has 1 aliphatic rings. The Morgan fingerprint density at radius 2 is 1.89 bits per heavy atom. The third-order valence-electron chi connectivity index (χ3n) is 3.31. The molecule has 0 radical (unpaired) electrons. The van der Waals surface area contributed by atoms with Crippen LogP contribution in [0.1, 0.15) is 39.0 Å². The van der Waals surface area contributed by atoms with Gasteiger partial charge in [-0.05, 0) is 19.3 Å². The maximum Gasteiger partial charge on any atom is 0.223 e. The van der Waals surface area contributed by atoms with Crippen LogP contribution >= 0.6 is 0 Å². The summed E-state index contributed by atoms with van der Waals surface area (Å²) in [5, 5.41) is 0. The highest BCUT2D eigenvalue weighted by Gasteiger charge is 2.26. The number of rotatable bonds is 7. The van der Waals surface area contributed by atoms with Gasteiger partial charge in [-0.3, -0.25) is 4.79 Å². The standard InChI is InChI=1S/C12H24N2O3S/c1-3-4-8-13(2)12(15)7-11-18(16,17)14-9-5-6-10-14/h3-11H2,1-2H3. The number of carbonyl (C=O) groups excluding carboxylic acids is 1.